The third kappa shape index (κ3) is 3.99. The summed E-state index contributed by atoms with van der Waals surface area (Å²) in [6.07, 6.45) is 3.42. The molecular formula is C20H25N3O2. The van der Waals surface area contributed by atoms with Crippen LogP contribution in [0.25, 0.3) is 0 Å². The van der Waals surface area contributed by atoms with E-state index >= 15 is 0 Å². The Kier molecular flexibility index (Phi) is 5.34. The summed E-state index contributed by atoms with van der Waals surface area (Å²) in [5.74, 6) is 0.215. The molecule has 1 amide bonds. The summed E-state index contributed by atoms with van der Waals surface area (Å²) in [7, 11) is 0. The van der Waals surface area contributed by atoms with Crippen LogP contribution in [0.2, 0.25) is 0 Å². The molecule has 0 aliphatic carbocycles. The molecule has 1 N–H and O–H groups in total. The summed E-state index contributed by atoms with van der Waals surface area (Å²) in [6, 6.07) is 8.02. The van der Waals surface area contributed by atoms with E-state index < -0.39 is 0 Å². The molecule has 1 aliphatic rings. The molecule has 1 aliphatic heterocycles. The molecule has 0 spiro atoms. The number of rotatable bonds is 4. The molecule has 1 saturated heterocycles. The fraction of sp³-hybridized carbons (Fsp3) is 0.400. The minimum absolute atomic E-state index is 0.126. The number of carbonyl (C=O) groups is 1. The average molecular weight is 339 g/mol. The Balaban J connectivity index is 1.82. The third-order valence-electron chi connectivity index (χ3n) is 4.53. The molecule has 0 bridgehead atoms. The van der Waals surface area contributed by atoms with Crippen LogP contribution in [0.5, 0.6) is 0 Å². The number of pyridine rings is 1. The van der Waals surface area contributed by atoms with Crippen molar-refractivity contribution < 1.29 is 9.53 Å². The third-order valence-corrected chi connectivity index (χ3v) is 4.53. The molecule has 3 rings (SSSR count). The summed E-state index contributed by atoms with van der Waals surface area (Å²) in [4.78, 5) is 19.2. The fourth-order valence-corrected chi connectivity index (χ4v) is 3.07. The van der Waals surface area contributed by atoms with Gasteiger partial charge in [0.2, 0.25) is 0 Å². The van der Waals surface area contributed by atoms with E-state index in [9.17, 15) is 4.79 Å². The number of benzene rings is 1. The number of para-hydroxylation sites is 1. The van der Waals surface area contributed by atoms with Crippen molar-refractivity contribution in [2.45, 2.75) is 26.7 Å². The minimum atomic E-state index is -0.126. The summed E-state index contributed by atoms with van der Waals surface area (Å²) in [5, 5.41) is 3.08. The van der Waals surface area contributed by atoms with Gasteiger partial charge < -0.3 is 15.0 Å². The number of hydrogen-bond acceptors (Lipinski definition) is 4. The van der Waals surface area contributed by atoms with Crippen molar-refractivity contribution in [3.8, 4) is 0 Å². The van der Waals surface area contributed by atoms with Gasteiger partial charge in [-0.05, 0) is 30.0 Å². The molecule has 0 unspecified atom stereocenters. The first kappa shape index (κ1) is 17.4. The van der Waals surface area contributed by atoms with Gasteiger partial charge in [0.05, 0.1) is 30.7 Å². The molecule has 0 saturated carbocycles. The van der Waals surface area contributed by atoms with Crippen molar-refractivity contribution >= 4 is 17.3 Å². The van der Waals surface area contributed by atoms with Gasteiger partial charge in [-0.25, -0.2) is 0 Å². The summed E-state index contributed by atoms with van der Waals surface area (Å²) in [6.45, 7) is 9.33. The monoisotopic (exact) mass is 339 g/mol. The lowest BCUT2D eigenvalue weighted by Gasteiger charge is -2.28. The number of amides is 1. The van der Waals surface area contributed by atoms with Gasteiger partial charge in [0, 0.05) is 25.0 Å². The van der Waals surface area contributed by atoms with Crippen LogP contribution < -0.4 is 10.2 Å². The highest BCUT2D eigenvalue weighted by atomic mass is 16.5. The molecular weight excluding hydrogens is 314 g/mol. The predicted octanol–water partition coefficient (Wildman–Crippen LogP) is 3.60. The van der Waals surface area contributed by atoms with Gasteiger partial charge in [0.25, 0.3) is 5.91 Å². The molecule has 132 valence electrons. The molecule has 1 aromatic carbocycles. The molecule has 5 nitrogen and oxygen atoms in total. The smallest absolute Gasteiger partial charge is 0.257 e. The van der Waals surface area contributed by atoms with Crippen LogP contribution >= 0.6 is 0 Å². The Morgan fingerprint density at radius 3 is 2.72 bits per heavy atom. The van der Waals surface area contributed by atoms with Gasteiger partial charge in [-0.2, -0.15) is 0 Å². The lowest BCUT2D eigenvalue weighted by molar-refractivity contribution is 0.102. The van der Waals surface area contributed by atoms with Gasteiger partial charge >= 0.3 is 0 Å². The normalized spacial score (nSPS) is 14.6. The Morgan fingerprint density at radius 1 is 1.24 bits per heavy atom. The summed E-state index contributed by atoms with van der Waals surface area (Å²) < 4.78 is 5.39. The summed E-state index contributed by atoms with van der Waals surface area (Å²) >= 11 is 0. The molecule has 25 heavy (non-hydrogen) atoms. The van der Waals surface area contributed by atoms with Crippen molar-refractivity contribution in [3.63, 3.8) is 0 Å². The van der Waals surface area contributed by atoms with E-state index in [1.807, 2.05) is 25.1 Å². The zero-order valence-electron chi connectivity index (χ0n) is 15.1. The zero-order valence-corrected chi connectivity index (χ0v) is 15.1. The van der Waals surface area contributed by atoms with E-state index in [0.717, 1.165) is 35.6 Å². The van der Waals surface area contributed by atoms with E-state index in [4.69, 9.17) is 4.74 Å². The second-order valence-electron chi connectivity index (χ2n) is 6.68. The molecule has 5 heteroatoms. The highest BCUT2D eigenvalue weighted by molar-refractivity contribution is 6.05. The van der Waals surface area contributed by atoms with Gasteiger partial charge in [-0.15, -0.1) is 0 Å². The zero-order chi connectivity index (χ0) is 17.8. The molecule has 2 heterocycles. The van der Waals surface area contributed by atoms with Crippen LogP contribution in [0.4, 0.5) is 11.4 Å². The van der Waals surface area contributed by atoms with Crippen LogP contribution in [0.3, 0.4) is 0 Å². The van der Waals surface area contributed by atoms with Crippen molar-refractivity contribution in [1.29, 1.82) is 0 Å². The quantitative estimate of drug-likeness (QED) is 0.925. The van der Waals surface area contributed by atoms with Gasteiger partial charge in [-0.3, -0.25) is 9.78 Å². The highest BCUT2D eigenvalue weighted by Gasteiger charge is 2.16. The van der Waals surface area contributed by atoms with Gasteiger partial charge in [0.1, 0.15) is 0 Å². The number of hydrogen-bond donors (Lipinski definition) is 1. The van der Waals surface area contributed by atoms with E-state index in [0.29, 0.717) is 24.7 Å². The van der Waals surface area contributed by atoms with Crippen molar-refractivity contribution in [1.82, 2.24) is 4.98 Å². The maximum Gasteiger partial charge on any atom is 0.257 e. The Bertz CT molecular complexity index is 752. The van der Waals surface area contributed by atoms with Crippen molar-refractivity contribution in [2.75, 3.05) is 36.5 Å². The van der Waals surface area contributed by atoms with Gasteiger partial charge in [-0.1, -0.05) is 32.0 Å². The number of nitrogens with zero attached hydrogens (tertiary/aromatic N) is 2. The van der Waals surface area contributed by atoms with Crippen LogP contribution in [-0.4, -0.2) is 37.2 Å². The predicted molar refractivity (Wildman–Crippen MR) is 100 cm³/mol. The minimum Gasteiger partial charge on any atom is -0.378 e. The number of anilines is 2. The Hall–Kier alpha value is -2.40. The van der Waals surface area contributed by atoms with Crippen LogP contribution in [-0.2, 0) is 4.74 Å². The van der Waals surface area contributed by atoms with E-state index in [2.05, 4.69) is 35.1 Å². The maximum absolute atomic E-state index is 12.8. The van der Waals surface area contributed by atoms with Gasteiger partial charge in [0.15, 0.2) is 0 Å². The largest absolute Gasteiger partial charge is 0.378 e. The van der Waals surface area contributed by atoms with E-state index in [1.165, 1.54) is 0 Å². The average Bonchev–Trinajstić information content (AvgIpc) is 2.64. The standard InChI is InChI=1S/C20H25N3O2/c1-14(2)18-6-4-5-15(3)19(18)22-20(24)16-11-17(13-21-12-16)23-7-9-25-10-8-23/h4-6,11-14H,7-10H2,1-3H3,(H,22,24). The second kappa shape index (κ2) is 7.66. The topological polar surface area (TPSA) is 54.5 Å². The first-order valence-electron chi connectivity index (χ1n) is 8.75. The highest BCUT2D eigenvalue weighted by Crippen LogP contribution is 2.28. The molecule has 1 aromatic heterocycles. The molecule has 2 aromatic rings. The maximum atomic E-state index is 12.8. The number of carbonyl (C=O) groups excluding carboxylic acids is 1. The van der Waals surface area contributed by atoms with Crippen LogP contribution in [0, 0.1) is 6.92 Å². The van der Waals surface area contributed by atoms with E-state index in [1.54, 1.807) is 12.4 Å². The first-order valence-corrected chi connectivity index (χ1v) is 8.75. The Morgan fingerprint density at radius 2 is 2.00 bits per heavy atom. The lowest BCUT2D eigenvalue weighted by Crippen LogP contribution is -2.36. The number of aromatic nitrogens is 1. The number of nitrogens with one attached hydrogen (secondary N) is 1. The van der Waals surface area contributed by atoms with Crippen LogP contribution in [0.15, 0.2) is 36.7 Å². The Labute approximate surface area is 149 Å². The second-order valence-corrected chi connectivity index (χ2v) is 6.68. The summed E-state index contributed by atoms with van der Waals surface area (Å²) in [5.41, 5.74) is 4.65. The van der Waals surface area contributed by atoms with Crippen LogP contribution in [0.1, 0.15) is 41.3 Å². The van der Waals surface area contributed by atoms with Crippen molar-refractivity contribution in [2.24, 2.45) is 0 Å². The number of morpholine rings is 1. The first-order chi connectivity index (χ1) is 12.1. The lowest BCUT2D eigenvalue weighted by atomic mass is 9.98. The SMILES string of the molecule is Cc1cccc(C(C)C)c1NC(=O)c1cncc(N2CCOCC2)c1. The molecule has 1 fully saturated rings. The number of ether oxygens (including phenoxy) is 1. The molecule has 0 atom stereocenters. The van der Waals surface area contributed by atoms with Crippen molar-refractivity contribution in [3.05, 3.63) is 53.3 Å². The number of aryl methyl sites for hydroxylation is 1. The van der Waals surface area contributed by atoms with E-state index in [-0.39, 0.29) is 5.91 Å². The fourth-order valence-electron chi connectivity index (χ4n) is 3.07. The molecule has 0 radical (unpaired) electrons.